The highest BCUT2D eigenvalue weighted by molar-refractivity contribution is 5.69. The third-order valence-corrected chi connectivity index (χ3v) is 11.1. The number of carbonyl (C=O) groups excluding carboxylic acids is 3. The van der Waals surface area contributed by atoms with Gasteiger partial charge < -0.3 is 14.2 Å². The van der Waals surface area contributed by atoms with E-state index in [1.54, 1.807) is 0 Å². The van der Waals surface area contributed by atoms with Crippen LogP contribution >= 0.6 is 0 Å². The van der Waals surface area contributed by atoms with Crippen molar-refractivity contribution in [2.45, 2.75) is 111 Å². The molecule has 10 atom stereocenters. The van der Waals surface area contributed by atoms with Gasteiger partial charge in [-0.2, -0.15) is 0 Å². The fourth-order valence-electron chi connectivity index (χ4n) is 9.63. The first-order valence-corrected chi connectivity index (χ1v) is 13.9. The standard InChI is InChI=1S/C29H46O6/c1-17(7-14-26(32)33-6)22-11-12-23-21-10-8-20-9-13-25(34-18(2)30)27(35-19(3)31)29(20,5)24(21)15-16-28(22,23)4/h17,20-25,27H,7-16H2,1-6H3/t17-,20?,21+,22-,23+,24+,25?,27?,28-,29+/m1/s1. The largest absolute Gasteiger partial charge is 0.469 e. The summed E-state index contributed by atoms with van der Waals surface area (Å²) in [6.07, 6.45) is 9.70. The van der Waals surface area contributed by atoms with Crippen molar-refractivity contribution in [2.24, 2.45) is 46.3 Å². The van der Waals surface area contributed by atoms with E-state index in [0.29, 0.717) is 47.3 Å². The Morgan fingerprint density at radius 3 is 2.23 bits per heavy atom. The summed E-state index contributed by atoms with van der Waals surface area (Å²) in [5.74, 6) is 2.71. The van der Waals surface area contributed by atoms with Gasteiger partial charge in [-0.15, -0.1) is 0 Å². The molecule has 0 radical (unpaired) electrons. The van der Waals surface area contributed by atoms with Crippen LogP contribution in [0.2, 0.25) is 0 Å². The smallest absolute Gasteiger partial charge is 0.305 e. The molecule has 0 aliphatic heterocycles. The lowest BCUT2D eigenvalue weighted by molar-refractivity contribution is -0.221. The minimum Gasteiger partial charge on any atom is -0.469 e. The minimum atomic E-state index is -0.365. The van der Waals surface area contributed by atoms with Crippen LogP contribution in [0.25, 0.3) is 0 Å². The first-order valence-electron chi connectivity index (χ1n) is 13.9. The molecular formula is C29H46O6. The van der Waals surface area contributed by atoms with E-state index in [9.17, 15) is 14.4 Å². The molecule has 4 aliphatic carbocycles. The van der Waals surface area contributed by atoms with Crippen LogP contribution in [-0.4, -0.2) is 37.2 Å². The normalized spacial score (nSPS) is 43.2. The summed E-state index contributed by atoms with van der Waals surface area (Å²) < 4.78 is 16.7. The zero-order valence-corrected chi connectivity index (χ0v) is 22.6. The number of hydrogen-bond donors (Lipinski definition) is 0. The van der Waals surface area contributed by atoms with Crippen LogP contribution in [0.3, 0.4) is 0 Å². The van der Waals surface area contributed by atoms with Crippen LogP contribution in [-0.2, 0) is 28.6 Å². The van der Waals surface area contributed by atoms with Crippen molar-refractivity contribution in [1.82, 2.24) is 0 Å². The number of methoxy groups -OCH3 is 1. The van der Waals surface area contributed by atoms with Gasteiger partial charge in [0, 0.05) is 25.7 Å². The fourth-order valence-corrected chi connectivity index (χ4v) is 9.63. The van der Waals surface area contributed by atoms with Crippen LogP contribution in [0.5, 0.6) is 0 Å². The number of ether oxygens (including phenoxy) is 3. The predicted molar refractivity (Wildman–Crippen MR) is 132 cm³/mol. The highest BCUT2D eigenvalue weighted by Gasteiger charge is 2.64. The second-order valence-electron chi connectivity index (χ2n) is 12.6. The predicted octanol–water partition coefficient (Wildman–Crippen LogP) is 5.71. The molecule has 0 aromatic rings. The highest BCUT2D eigenvalue weighted by Crippen LogP contribution is 2.68. The van der Waals surface area contributed by atoms with Gasteiger partial charge in [0.05, 0.1) is 7.11 Å². The quantitative estimate of drug-likeness (QED) is 0.351. The topological polar surface area (TPSA) is 78.9 Å². The molecule has 0 spiro atoms. The molecule has 35 heavy (non-hydrogen) atoms. The lowest BCUT2D eigenvalue weighted by Crippen LogP contribution is -2.62. The summed E-state index contributed by atoms with van der Waals surface area (Å²) in [6.45, 7) is 10.1. The summed E-state index contributed by atoms with van der Waals surface area (Å²) in [5.41, 5.74) is 0.129. The molecule has 0 N–H and O–H groups in total. The maximum atomic E-state index is 12.2. The molecule has 0 heterocycles. The van der Waals surface area contributed by atoms with Gasteiger partial charge in [0.1, 0.15) is 12.2 Å². The summed E-state index contributed by atoms with van der Waals surface area (Å²) in [6, 6.07) is 0. The number of hydrogen-bond acceptors (Lipinski definition) is 6. The van der Waals surface area contributed by atoms with E-state index in [2.05, 4.69) is 20.8 Å². The molecule has 0 saturated heterocycles. The summed E-state index contributed by atoms with van der Waals surface area (Å²) in [4.78, 5) is 35.9. The van der Waals surface area contributed by atoms with Gasteiger partial charge in [0.2, 0.25) is 0 Å². The van der Waals surface area contributed by atoms with Crippen molar-refractivity contribution in [1.29, 1.82) is 0 Å². The Labute approximate surface area is 211 Å². The molecule has 0 aromatic heterocycles. The summed E-state index contributed by atoms with van der Waals surface area (Å²) in [7, 11) is 1.47. The van der Waals surface area contributed by atoms with Crippen LogP contribution < -0.4 is 0 Å². The number of carbonyl (C=O) groups is 3. The van der Waals surface area contributed by atoms with Gasteiger partial charge in [0.25, 0.3) is 0 Å². The average Bonchev–Trinajstić information content (AvgIpc) is 3.15. The number of rotatable bonds is 6. The molecule has 4 fully saturated rings. The fraction of sp³-hybridized carbons (Fsp3) is 0.897. The lowest BCUT2D eigenvalue weighted by Gasteiger charge is -2.63. The Bertz CT molecular complexity index is 824. The SMILES string of the molecule is COC(=O)CC[C@@H](C)[C@H]1CC[C@H]2[C@@H]3CCC4CCC(OC(C)=O)C(OC(C)=O)[C@]4(C)[C@H]3CC[C@]12C. The van der Waals surface area contributed by atoms with Crippen LogP contribution in [0.1, 0.15) is 98.8 Å². The molecule has 0 amide bonds. The zero-order chi connectivity index (χ0) is 25.5. The maximum absolute atomic E-state index is 12.2. The van der Waals surface area contributed by atoms with E-state index in [0.717, 1.165) is 32.1 Å². The second kappa shape index (κ2) is 10.0. The molecule has 3 unspecified atom stereocenters. The minimum absolute atomic E-state index is 0.109. The maximum Gasteiger partial charge on any atom is 0.305 e. The van der Waals surface area contributed by atoms with Crippen molar-refractivity contribution < 1.29 is 28.6 Å². The van der Waals surface area contributed by atoms with E-state index in [1.165, 1.54) is 46.6 Å². The average molecular weight is 491 g/mol. The molecule has 4 saturated carbocycles. The van der Waals surface area contributed by atoms with Gasteiger partial charge in [-0.3, -0.25) is 14.4 Å². The Morgan fingerprint density at radius 1 is 0.886 bits per heavy atom. The molecule has 6 heteroatoms. The first-order chi connectivity index (χ1) is 16.5. The van der Waals surface area contributed by atoms with E-state index in [1.807, 2.05) is 0 Å². The van der Waals surface area contributed by atoms with Crippen LogP contribution in [0, 0.1) is 46.3 Å². The van der Waals surface area contributed by atoms with Gasteiger partial charge in [-0.25, -0.2) is 0 Å². The van der Waals surface area contributed by atoms with Gasteiger partial charge >= 0.3 is 17.9 Å². The van der Waals surface area contributed by atoms with Crippen molar-refractivity contribution in [2.75, 3.05) is 7.11 Å². The van der Waals surface area contributed by atoms with E-state index < -0.39 is 0 Å². The molecule has 198 valence electrons. The molecule has 6 nitrogen and oxygen atoms in total. The Kier molecular flexibility index (Phi) is 7.60. The summed E-state index contributed by atoms with van der Waals surface area (Å²) in [5, 5.41) is 0. The Hall–Kier alpha value is -1.59. The molecule has 0 aromatic carbocycles. The molecule has 4 aliphatic rings. The monoisotopic (exact) mass is 490 g/mol. The van der Waals surface area contributed by atoms with E-state index in [-0.39, 0.29) is 35.5 Å². The van der Waals surface area contributed by atoms with Crippen molar-refractivity contribution in [3.05, 3.63) is 0 Å². The van der Waals surface area contributed by atoms with Gasteiger partial charge in [-0.1, -0.05) is 20.8 Å². The molecular weight excluding hydrogens is 444 g/mol. The number of fused-ring (bicyclic) bond motifs is 5. The Balaban J connectivity index is 1.58. The third kappa shape index (κ3) is 4.64. The summed E-state index contributed by atoms with van der Waals surface area (Å²) >= 11 is 0. The molecule has 4 rings (SSSR count). The number of esters is 3. The van der Waals surface area contributed by atoms with Crippen LogP contribution in [0.4, 0.5) is 0 Å². The zero-order valence-electron chi connectivity index (χ0n) is 22.6. The third-order valence-electron chi connectivity index (χ3n) is 11.1. The van der Waals surface area contributed by atoms with E-state index in [4.69, 9.17) is 14.2 Å². The van der Waals surface area contributed by atoms with Crippen LogP contribution in [0.15, 0.2) is 0 Å². The van der Waals surface area contributed by atoms with E-state index >= 15 is 0 Å². The first kappa shape index (κ1) is 26.5. The second-order valence-corrected chi connectivity index (χ2v) is 12.6. The van der Waals surface area contributed by atoms with Crippen molar-refractivity contribution in [3.63, 3.8) is 0 Å². The van der Waals surface area contributed by atoms with Crippen molar-refractivity contribution >= 4 is 17.9 Å². The van der Waals surface area contributed by atoms with Crippen molar-refractivity contribution in [3.8, 4) is 0 Å². The Morgan fingerprint density at radius 2 is 1.57 bits per heavy atom. The van der Waals surface area contributed by atoms with Gasteiger partial charge in [-0.05, 0) is 98.7 Å². The lowest BCUT2D eigenvalue weighted by atomic mass is 9.43. The molecule has 0 bridgehead atoms. The highest BCUT2D eigenvalue weighted by atomic mass is 16.6. The van der Waals surface area contributed by atoms with Gasteiger partial charge in [0.15, 0.2) is 0 Å².